The Kier molecular flexibility index (Phi) is 3.22. The molecule has 0 heterocycles. The van der Waals surface area contributed by atoms with Crippen LogP contribution < -0.4 is 5.73 Å². The molecule has 0 saturated heterocycles. The van der Waals surface area contributed by atoms with Crippen molar-refractivity contribution in [2.45, 2.75) is 13.3 Å². The van der Waals surface area contributed by atoms with Crippen LogP contribution in [0.2, 0.25) is 0 Å². The van der Waals surface area contributed by atoms with Crippen molar-refractivity contribution in [1.82, 2.24) is 5.01 Å². The highest BCUT2D eigenvalue weighted by molar-refractivity contribution is 6.00. The van der Waals surface area contributed by atoms with Crippen LogP contribution in [0.5, 0.6) is 0 Å². The molecule has 3 N–H and O–H groups in total. The SMILES string of the molecule is C/C(=N/N(C)C(=N)N)c1ccc2c(c1)Cc1ccccc1-2. The summed E-state index contributed by atoms with van der Waals surface area (Å²) < 4.78 is 0. The highest BCUT2D eigenvalue weighted by Crippen LogP contribution is 2.36. The van der Waals surface area contributed by atoms with Crippen LogP contribution in [-0.4, -0.2) is 23.7 Å². The van der Waals surface area contributed by atoms with E-state index in [0.717, 1.165) is 17.7 Å². The van der Waals surface area contributed by atoms with E-state index in [9.17, 15) is 0 Å². The first-order valence-electron chi connectivity index (χ1n) is 6.91. The molecule has 0 spiro atoms. The predicted molar refractivity (Wildman–Crippen MR) is 86.6 cm³/mol. The smallest absolute Gasteiger partial charge is 0.208 e. The molecule has 0 atom stereocenters. The molecule has 4 nitrogen and oxygen atoms in total. The third-order valence-corrected chi connectivity index (χ3v) is 3.86. The zero-order valence-electron chi connectivity index (χ0n) is 12.2. The highest BCUT2D eigenvalue weighted by atomic mass is 15.5. The Balaban J connectivity index is 1.96. The average molecular weight is 278 g/mol. The summed E-state index contributed by atoms with van der Waals surface area (Å²) in [7, 11) is 1.68. The number of hydrazone groups is 1. The van der Waals surface area contributed by atoms with Crippen molar-refractivity contribution < 1.29 is 0 Å². The molecule has 1 aliphatic carbocycles. The number of rotatable bonds is 2. The summed E-state index contributed by atoms with van der Waals surface area (Å²) in [4.78, 5) is 0. The van der Waals surface area contributed by atoms with Crippen molar-refractivity contribution >= 4 is 11.7 Å². The Labute approximate surface area is 124 Å². The van der Waals surface area contributed by atoms with Crippen molar-refractivity contribution in [3.8, 4) is 11.1 Å². The van der Waals surface area contributed by atoms with Gasteiger partial charge in [0.05, 0.1) is 5.71 Å². The molecular weight excluding hydrogens is 260 g/mol. The minimum absolute atomic E-state index is 0.0667. The fourth-order valence-corrected chi connectivity index (χ4v) is 2.71. The van der Waals surface area contributed by atoms with Crippen LogP contribution in [0.25, 0.3) is 11.1 Å². The molecule has 21 heavy (non-hydrogen) atoms. The maximum Gasteiger partial charge on any atom is 0.208 e. The van der Waals surface area contributed by atoms with Crippen LogP contribution in [0.4, 0.5) is 0 Å². The zero-order chi connectivity index (χ0) is 15.0. The first-order chi connectivity index (χ1) is 10.1. The van der Waals surface area contributed by atoms with Gasteiger partial charge in [0.15, 0.2) is 0 Å². The van der Waals surface area contributed by atoms with Gasteiger partial charge in [0.1, 0.15) is 0 Å². The van der Waals surface area contributed by atoms with Gasteiger partial charge in [0.25, 0.3) is 0 Å². The van der Waals surface area contributed by atoms with Gasteiger partial charge in [0.2, 0.25) is 5.96 Å². The van der Waals surface area contributed by atoms with E-state index in [-0.39, 0.29) is 5.96 Å². The van der Waals surface area contributed by atoms with Crippen molar-refractivity contribution in [2.75, 3.05) is 7.05 Å². The first kappa shape index (κ1) is 13.4. The van der Waals surface area contributed by atoms with Gasteiger partial charge in [-0.25, -0.2) is 5.01 Å². The minimum Gasteiger partial charge on any atom is -0.369 e. The molecule has 0 unspecified atom stereocenters. The van der Waals surface area contributed by atoms with Gasteiger partial charge in [-0.1, -0.05) is 36.4 Å². The number of hydrogen-bond donors (Lipinski definition) is 2. The second-order valence-corrected chi connectivity index (χ2v) is 5.30. The number of fused-ring (bicyclic) bond motifs is 3. The van der Waals surface area contributed by atoms with Gasteiger partial charge in [-0.05, 0) is 47.2 Å². The molecule has 3 rings (SSSR count). The molecule has 0 aromatic heterocycles. The van der Waals surface area contributed by atoms with Gasteiger partial charge < -0.3 is 5.73 Å². The lowest BCUT2D eigenvalue weighted by Crippen LogP contribution is -2.29. The molecule has 4 heteroatoms. The molecule has 0 bridgehead atoms. The maximum absolute atomic E-state index is 7.36. The molecule has 0 amide bonds. The standard InChI is InChI=1S/C17H18N4/c1-11(20-21(2)17(18)19)12-7-8-16-14(9-12)10-13-5-3-4-6-15(13)16/h3-9H,10H2,1-2H3,(H3,18,19)/b20-11-. The van der Waals surface area contributed by atoms with E-state index in [4.69, 9.17) is 11.1 Å². The van der Waals surface area contributed by atoms with E-state index in [1.807, 2.05) is 6.92 Å². The largest absolute Gasteiger partial charge is 0.369 e. The van der Waals surface area contributed by atoms with Crippen molar-refractivity contribution in [3.63, 3.8) is 0 Å². The van der Waals surface area contributed by atoms with Gasteiger partial charge >= 0.3 is 0 Å². The Morgan fingerprint density at radius 1 is 1.14 bits per heavy atom. The number of hydrogen-bond acceptors (Lipinski definition) is 2. The first-order valence-corrected chi connectivity index (χ1v) is 6.91. The Morgan fingerprint density at radius 2 is 1.86 bits per heavy atom. The summed E-state index contributed by atoms with van der Waals surface area (Å²) in [5.74, 6) is -0.0667. The monoisotopic (exact) mass is 278 g/mol. The normalized spacial score (nSPS) is 12.8. The fourth-order valence-electron chi connectivity index (χ4n) is 2.71. The molecule has 2 aromatic rings. The van der Waals surface area contributed by atoms with Crippen LogP contribution >= 0.6 is 0 Å². The second kappa shape index (κ2) is 5.05. The van der Waals surface area contributed by atoms with Crippen molar-refractivity contribution in [3.05, 3.63) is 59.2 Å². The van der Waals surface area contributed by atoms with Crippen LogP contribution in [-0.2, 0) is 6.42 Å². The Hall–Kier alpha value is -2.62. The van der Waals surface area contributed by atoms with E-state index in [1.165, 1.54) is 27.3 Å². The third-order valence-electron chi connectivity index (χ3n) is 3.86. The summed E-state index contributed by atoms with van der Waals surface area (Å²) >= 11 is 0. The molecule has 0 saturated carbocycles. The van der Waals surface area contributed by atoms with Crippen LogP contribution in [0.3, 0.4) is 0 Å². The molecular formula is C17H18N4. The minimum atomic E-state index is -0.0667. The number of benzene rings is 2. The molecule has 0 fully saturated rings. The summed E-state index contributed by atoms with van der Waals surface area (Å²) in [5, 5.41) is 13.1. The number of nitrogens with zero attached hydrogens (tertiary/aromatic N) is 2. The number of nitrogens with two attached hydrogens (primary N) is 1. The molecule has 2 aromatic carbocycles. The van der Waals surface area contributed by atoms with Gasteiger partial charge in [-0.15, -0.1) is 0 Å². The molecule has 106 valence electrons. The van der Waals surface area contributed by atoms with E-state index >= 15 is 0 Å². The Bertz CT molecular complexity index is 746. The average Bonchev–Trinajstić information content (AvgIpc) is 2.84. The van der Waals surface area contributed by atoms with Gasteiger partial charge in [-0.3, -0.25) is 5.41 Å². The number of guanidine groups is 1. The summed E-state index contributed by atoms with van der Waals surface area (Å²) in [6.07, 6.45) is 0.967. The summed E-state index contributed by atoms with van der Waals surface area (Å²) in [5.41, 5.74) is 12.7. The topological polar surface area (TPSA) is 65.5 Å². The van der Waals surface area contributed by atoms with Crippen LogP contribution in [0, 0.1) is 5.41 Å². The molecule has 1 aliphatic rings. The van der Waals surface area contributed by atoms with E-state index < -0.39 is 0 Å². The summed E-state index contributed by atoms with van der Waals surface area (Å²) in [6.45, 7) is 1.93. The second-order valence-electron chi connectivity index (χ2n) is 5.30. The zero-order valence-corrected chi connectivity index (χ0v) is 12.2. The van der Waals surface area contributed by atoms with Crippen molar-refractivity contribution in [2.24, 2.45) is 10.8 Å². The quantitative estimate of drug-likeness (QED) is 0.430. The van der Waals surface area contributed by atoms with E-state index in [2.05, 4.69) is 47.6 Å². The lowest BCUT2D eigenvalue weighted by molar-refractivity contribution is 0.533. The predicted octanol–water partition coefficient (Wildman–Crippen LogP) is 2.81. The molecule has 0 aliphatic heterocycles. The lowest BCUT2D eigenvalue weighted by atomic mass is 10.0. The van der Waals surface area contributed by atoms with E-state index in [0.29, 0.717) is 0 Å². The van der Waals surface area contributed by atoms with Crippen molar-refractivity contribution in [1.29, 1.82) is 5.41 Å². The van der Waals surface area contributed by atoms with Gasteiger partial charge in [0, 0.05) is 7.05 Å². The molecule has 0 radical (unpaired) electrons. The van der Waals surface area contributed by atoms with E-state index in [1.54, 1.807) is 7.05 Å². The summed E-state index contributed by atoms with van der Waals surface area (Å²) in [6, 6.07) is 14.9. The van der Waals surface area contributed by atoms with Crippen LogP contribution in [0.15, 0.2) is 47.6 Å². The van der Waals surface area contributed by atoms with Crippen LogP contribution in [0.1, 0.15) is 23.6 Å². The number of nitrogens with one attached hydrogen (secondary N) is 1. The maximum atomic E-state index is 7.36. The van der Waals surface area contributed by atoms with Gasteiger partial charge in [-0.2, -0.15) is 5.10 Å². The Morgan fingerprint density at radius 3 is 2.62 bits per heavy atom. The third kappa shape index (κ3) is 2.40. The highest BCUT2D eigenvalue weighted by Gasteiger charge is 2.18. The lowest BCUT2D eigenvalue weighted by Gasteiger charge is -2.12. The fraction of sp³-hybridized carbons (Fsp3) is 0.176.